The summed E-state index contributed by atoms with van der Waals surface area (Å²) in [6.07, 6.45) is 1.64. The molecule has 6 heteroatoms. The highest BCUT2D eigenvalue weighted by Gasteiger charge is 2.25. The van der Waals surface area contributed by atoms with Crippen LogP contribution in [0.3, 0.4) is 0 Å². The average molecular weight is 384 g/mol. The van der Waals surface area contributed by atoms with E-state index < -0.39 is 0 Å². The van der Waals surface area contributed by atoms with E-state index in [1.807, 2.05) is 53.4 Å². The molecule has 29 heavy (non-hydrogen) atoms. The maximum Gasteiger partial charge on any atom is 0.257 e. The third-order valence-corrected chi connectivity index (χ3v) is 4.85. The number of carbonyl (C=O) groups is 1. The Morgan fingerprint density at radius 3 is 2.45 bits per heavy atom. The van der Waals surface area contributed by atoms with Gasteiger partial charge in [0.2, 0.25) is 0 Å². The normalized spacial score (nSPS) is 13.6. The summed E-state index contributed by atoms with van der Waals surface area (Å²) in [5, 5.41) is 9.07. The van der Waals surface area contributed by atoms with Crippen LogP contribution in [0.1, 0.15) is 15.9 Å². The maximum absolute atomic E-state index is 13.1. The second-order valence-electron chi connectivity index (χ2n) is 6.71. The predicted octanol–water partition coefficient (Wildman–Crippen LogP) is 3.71. The van der Waals surface area contributed by atoms with Crippen LogP contribution in [0.5, 0.6) is 11.5 Å². The molecule has 1 aromatic heterocycles. The van der Waals surface area contributed by atoms with Gasteiger partial charge in [0.05, 0.1) is 17.2 Å². The Morgan fingerprint density at radius 1 is 0.966 bits per heavy atom. The molecule has 0 bridgehead atoms. The van der Waals surface area contributed by atoms with E-state index in [0.29, 0.717) is 48.8 Å². The number of piperazine rings is 1. The fourth-order valence-electron chi connectivity index (χ4n) is 3.32. The number of nitrogens with zero attached hydrogens (tertiary/aromatic N) is 4. The number of aromatic nitrogens is 1. The maximum atomic E-state index is 13.1. The standard InChI is InChI=1S/C23H20N4O2/c24-17-18-10-11-25-22(16-18)26-12-14-27(15-13-26)23(28)20-8-4-5-9-21(20)29-19-6-2-1-3-7-19/h1-11,16H,12-15H2. The van der Waals surface area contributed by atoms with Gasteiger partial charge in [-0.2, -0.15) is 5.26 Å². The summed E-state index contributed by atoms with van der Waals surface area (Å²) in [7, 11) is 0. The first kappa shape index (κ1) is 18.5. The third kappa shape index (κ3) is 4.19. The lowest BCUT2D eigenvalue weighted by Gasteiger charge is -2.35. The smallest absolute Gasteiger partial charge is 0.257 e. The van der Waals surface area contributed by atoms with Crippen molar-refractivity contribution in [1.29, 1.82) is 5.26 Å². The highest BCUT2D eigenvalue weighted by molar-refractivity contribution is 5.97. The van der Waals surface area contributed by atoms with E-state index in [1.165, 1.54) is 0 Å². The number of amides is 1. The molecule has 0 N–H and O–H groups in total. The van der Waals surface area contributed by atoms with Gasteiger partial charge >= 0.3 is 0 Å². The Balaban J connectivity index is 1.46. The van der Waals surface area contributed by atoms with Crippen molar-refractivity contribution in [2.75, 3.05) is 31.1 Å². The number of ether oxygens (including phenoxy) is 1. The zero-order valence-corrected chi connectivity index (χ0v) is 15.9. The minimum absolute atomic E-state index is 0.0464. The summed E-state index contributed by atoms with van der Waals surface area (Å²) in [6.45, 7) is 2.48. The predicted molar refractivity (Wildman–Crippen MR) is 110 cm³/mol. The number of para-hydroxylation sites is 2. The van der Waals surface area contributed by atoms with Gasteiger partial charge in [-0.1, -0.05) is 30.3 Å². The van der Waals surface area contributed by atoms with Gasteiger partial charge in [0.15, 0.2) is 0 Å². The zero-order valence-electron chi connectivity index (χ0n) is 15.9. The molecule has 1 amide bonds. The lowest BCUT2D eigenvalue weighted by atomic mass is 10.1. The number of benzene rings is 2. The third-order valence-electron chi connectivity index (χ3n) is 4.85. The molecule has 0 saturated carbocycles. The monoisotopic (exact) mass is 384 g/mol. The molecule has 1 aliphatic heterocycles. The van der Waals surface area contributed by atoms with Crippen molar-refractivity contribution < 1.29 is 9.53 Å². The fourth-order valence-corrected chi connectivity index (χ4v) is 3.32. The number of nitriles is 1. The van der Waals surface area contributed by atoms with Crippen molar-refractivity contribution >= 4 is 11.7 Å². The summed E-state index contributed by atoms with van der Waals surface area (Å²) in [4.78, 5) is 21.4. The Kier molecular flexibility index (Phi) is 5.39. The van der Waals surface area contributed by atoms with Crippen molar-refractivity contribution in [3.8, 4) is 17.6 Å². The molecular formula is C23H20N4O2. The summed E-state index contributed by atoms with van der Waals surface area (Å²) in [5.74, 6) is 1.97. The van der Waals surface area contributed by atoms with E-state index in [-0.39, 0.29) is 5.91 Å². The number of pyridine rings is 1. The molecule has 2 aromatic carbocycles. The molecule has 0 spiro atoms. The van der Waals surface area contributed by atoms with Gasteiger partial charge in [-0.05, 0) is 36.4 Å². The van der Waals surface area contributed by atoms with Crippen LogP contribution in [0.25, 0.3) is 0 Å². The van der Waals surface area contributed by atoms with Crippen LogP contribution in [0, 0.1) is 11.3 Å². The first-order chi connectivity index (χ1) is 14.2. The summed E-state index contributed by atoms with van der Waals surface area (Å²) < 4.78 is 5.94. The molecule has 6 nitrogen and oxygen atoms in total. The van der Waals surface area contributed by atoms with Gasteiger partial charge in [0, 0.05) is 32.4 Å². The molecule has 2 heterocycles. The lowest BCUT2D eigenvalue weighted by Crippen LogP contribution is -2.49. The van der Waals surface area contributed by atoms with E-state index in [9.17, 15) is 4.79 Å². The van der Waals surface area contributed by atoms with Crippen LogP contribution in [0.2, 0.25) is 0 Å². The van der Waals surface area contributed by atoms with Crippen molar-refractivity contribution in [2.45, 2.75) is 0 Å². The molecule has 144 valence electrons. The Hall–Kier alpha value is -3.85. The Labute approximate surface area is 169 Å². The number of anilines is 1. The molecule has 1 fully saturated rings. The van der Waals surface area contributed by atoms with Crippen molar-refractivity contribution in [3.63, 3.8) is 0 Å². The topological polar surface area (TPSA) is 69.5 Å². The van der Waals surface area contributed by atoms with E-state index >= 15 is 0 Å². The van der Waals surface area contributed by atoms with Gasteiger partial charge in [0.25, 0.3) is 5.91 Å². The summed E-state index contributed by atoms with van der Waals surface area (Å²) in [6, 6.07) is 22.4. The van der Waals surface area contributed by atoms with E-state index in [2.05, 4.69) is 16.0 Å². The lowest BCUT2D eigenvalue weighted by molar-refractivity contribution is 0.0744. The van der Waals surface area contributed by atoms with E-state index in [0.717, 1.165) is 5.82 Å². The molecule has 0 aliphatic carbocycles. The van der Waals surface area contributed by atoms with Crippen LogP contribution in [-0.2, 0) is 0 Å². The van der Waals surface area contributed by atoms with Crippen molar-refractivity contribution in [3.05, 3.63) is 84.1 Å². The highest BCUT2D eigenvalue weighted by atomic mass is 16.5. The second kappa shape index (κ2) is 8.44. The second-order valence-corrected chi connectivity index (χ2v) is 6.71. The van der Waals surface area contributed by atoms with Gasteiger partial charge in [-0.3, -0.25) is 4.79 Å². The van der Waals surface area contributed by atoms with Crippen LogP contribution in [0.4, 0.5) is 5.82 Å². The Bertz CT molecular complexity index is 1040. The molecule has 0 atom stereocenters. The number of hydrogen-bond acceptors (Lipinski definition) is 5. The van der Waals surface area contributed by atoms with E-state index in [1.54, 1.807) is 24.4 Å². The van der Waals surface area contributed by atoms with Gasteiger partial charge in [-0.25, -0.2) is 4.98 Å². The van der Waals surface area contributed by atoms with Crippen LogP contribution in [-0.4, -0.2) is 42.0 Å². The fraction of sp³-hybridized carbons (Fsp3) is 0.174. The minimum atomic E-state index is -0.0464. The minimum Gasteiger partial charge on any atom is -0.457 e. The molecule has 3 aromatic rings. The highest BCUT2D eigenvalue weighted by Crippen LogP contribution is 2.26. The van der Waals surface area contributed by atoms with Crippen LogP contribution >= 0.6 is 0 Å². The first-order valence-corrected chi connectivity index (χ1v) is 9.47. The van der Waals surface area contributed by atoms with E-state index in [4.69, 9.17) is 10.00 Å². The molecule has 1 saturated heterocycles. The number of rotatable bonds is 4. The molecular weight excluding hydrogens is 364 g/mol. The SMILES string of the molecule is N#Cc1ccnc(N2CCN(C(=O)c3ccccc3Oc3ccccc3)CC2)c1. The summed E-state index contributed by atoms with van der Waals surface area (Å²) in [5.41, 5.74) is 1.13. The molecule has 0 unspecified atom stereocenters. The zero-order chi connectivity index (χ0) is 20.1. The largest absolute Gasteiger partial charge is 0.457 e. The first-order valence-electron chi connectivity index (χ1n) is 9.47. The number of hydrogen-bond donors (Lipinski definition) is 0. The van der Waals surface area contributed by atoms with Gasteiger partial charge in [0.1, 0.15) is 17.3 Å². The summed E-state index contributed by atoms with van der Waals surface area (Å²) >= 11 is 0. The van der Waals surface area contributed by atoms with Gasteiger partial charge < -0.3 is 14.5 Å². The number of carbonyl (C=O) groups excluding carboxylic acids is 1. The van der Waals surface area contributed by atoms with Crippen LogP contribution in [0.15, 0.2) is 72.9 Å². The quantitative estimate of drug-likeness (QED) is 0.686. The van der Waals surface area contributed by atoms with Crippen molar-refractivity contribution in [1.82, 2.24) is 9.88 Å². The molecule has 4 rings (SSSR count). The average Bonchev–Trinajstić information content (AvgIpc) is 2.80. The molecule has 1 aliphatic rings. The van der Waals surface area contributed by atoms with Crippen molar-refractivity contribution in [2.24, 2.45) is 0 Å². The van der Waals surface area contributed by atoms with Crippen LogP contribution < -0.4 is 9.64 Å². The Morgan fingerprint density at radius 2 is 1.69 bits per heavy atom. The molecule has 0 radical (unpaired) electrons. The van der Waals surface area contributed by atoms with Gasteiger partial charge in [-0.15, -0.1) is 0 Å².